The molecule has 1 aromatic carbocycles. The van der Waals surface area contributed by atoms with Crippen LogP contribution >= 0.6 is 0 Å². The van der Waals surface area contributed by atoms with E-state index in [9.17, 15) is 4.79 Å². The zero-order chi connectivity index (χ0) is 20.3. The molecule has 2 aromatic rings. The van der Waals surface area contributed by atoms with Crippen LogP contribution in [-0.4, -0.2) is 47.2 Å². The number of likely N-dealkylation sites (tertiary alicyclic amines) is 1. The molecule has 3 heterocycles. The van der Waals surface area contributed by atoms with Crippen molar-refractivity contribution in [3.05, 3.63) is 65.5 Å². The summed E-state index contributed by atoms with van der Waals surface area (Å²) in [5.41, 5.74) is 2.37. The van der Waals surface area contributed by atoms with E-state index in [1.807, 2.05) is 30.0 Å². The monoisotopic (exact) mass is 394 g/mol. The molecule has 5 nitrogen and oxygen atoms in total. The molecule has 2 saturated heterocycles. The third kappa shape index (κ3) is 4.51. The first kappa shape index (κ1) is 20.0. The van der Waals surface area contributed by atoms with Gasteiger partial charge in [-0.2, -0.15) is 0 Å². The Hall–Kier alpha value is -2.24. The SMILES string of the molecule is CCO[C@H]1C[C@@H](c2ccccc2)OC2(CCN(C(=O)c3cccc(C)n3)CC2)C1. The Morgan fingerprint density at radius 1 is 1.17 bits per heavy atom. The fourth-order valence-electron chi connectivity index (χ4n) is 4.63. The number of carbonyl (C=O) groups is 1. The molecule has 1 amide bonds. The van der Waals surface area contributed by atoms with Gasteiger partial charge in [-0.25, -0.2) is 4.98 Å². The third-order valence-electron chi connectivity index (χ3n) is 6.11. The molecule has 2 atom stereocenters. The molecule has 0 saturated carbocycles. The summed E-state index contributed by atoms with van der Waals surface area (Å²) in [5, 5.41) is 0. The average molecular weight is 395 g/mol. The molecule has 154 valence electrons. The number of aromatic nitrogens is 1. The summed E-state index contributed by atoms with van der Waals surface area (Å²) in [5.74, 6) is 0.0142. The van der Waals surface area contributed by atoms with Gasteiger partial charge in [-0.3, -0.25) is 4.79 Å². The second-order valence-electron chi connectivity index (χ2n) is 8.17. The Bertz CT molecular complexity index is 831. The van der Waals surface area contributed by atoms with E-state index in [1.165, 1.54) is 5.56 Å². The first-order valence-corrected chi connectivity index (χ1v) is 10.7. The predicted molar refractivity (Wildman–Crippen MR) is 112 cm³/mol. The molecule has 0 aliphatic carbocycles. The molecular weight excluding hydrogens is 364 g/mol. The second-order valence-corrected chi connectivity index (χ2v) is 8.17. The molecule has 1 aromatic heterocycles. The van der Waals surface area contributed by atoms with E-state index >= 15 is 0 Å². The molecule has 1 spiro atoms. The normalized spacial score (nSPS) is 23.9. The standard InChI is InChI=1S/C24H30N2O3/c1-3-28-20-16-22(19-9-5-4-6-10-19)29-24(17-20)12-14-26(15-13-24)23(27)21-11-7-8-18(2)25-21/h4-11,20,22H,3,12-17H2,1-2H3/t20-,22-/m0/s1. The molecule has 5 heteroatoms. The molecule has 29 heavy (non-hydrogen) atoms. The Kier molecular flexibility index (Phi) is 5.97. The number of amides is 1. The summed E-state index contributed by atoms with van der Waals surface area (Å²) in [6, 6.07) is 16.0. The quantitative estimate of drug-likeness (QED) is 0.775. The van der Waals surface area contributed by atoms with Crippen molar-refractivity contribution in [1.29, 1.82) is 0 Å². The number of aryl methyl sites for hydroxylation is 1. The Morgan fingerprint density at radius 3 is 2.62 bits per heavy atom. The summed E-state index contributed by atoms with van der Waals surface area (Å²) in [6.07, 6.45) is 3.68. The average Bonchev–Trinajstić information content (AvgIpc) is 2.74. The maximum Gasteiger partial charge on any atom is 0.272 e. The van der Waals surface area contributed by atoms with Gasteiger partial charge >= 0.3 is 0 Å². The Morgan fingerprint density at radius 2 is 1.93 bits per heavy atom. The Labute approximate surface area is 173 Å². The number of piperidine rings is 1. The highest BCUT2D eigenvalue weighted by Gasteiger charge is 2.45. The van der Waals surface area contributed by atoms with Gasteiger partial charge in [0.05, 0.1) is 17.8 Å². The van der Waals surface area contributed by atoms with Crippen LogP contribution in [-0.2, 0) is 9.47 Å². The number of ether oxygens (including phenoxy) is 2. The molecular formula is C24H30N2O3. The second kappa shape index (κ2) is 8.64. The minimum absolute atomic E-state index is 0.0142. The lowest BCUT2D eigenvalue weighted by Gasteiger charge is -2.48. The van der Waals surface area contributed by atoms with Gasteiger partial charge in [-0.05, 0) is 44.4 Å². The fourth-order valence-corrected chi connectivity index (χ4v) is 4.63. The minimum atomic E-state index is -0.227. The summed E-state index contributed by atoms with van der Waals surface area (Å²) in [4.78, 5) is 19.2. The van der Waals surface area contributed by atoms with Crippen molar-refractivity contribution in [1.82, 2.24) is 9.88 Å². The van der Waals surface area contributed by atoms with Crippen LogP contribution in [0, 0.1) is 6.92 Å². The minimum Gasteiger partial charge on any atom is -0.378 e. The van der Waals surface area contributed by atoms with E-state index < -0.39 is 0 Å². The number of benzene rings is 1. The number of nitrogens with zero attached hydrogens (tertiary/aromatic N) is 2. The van der Waals surface area contributed by atoms with Gasteiger partial charge in [0.1, 0.15) is 5.69 Å². The molecule has 0 radical (unpaired) electrons. The van der Waals surface area contributed by atoms with Gasteiger partial charge in [-0.1, -0.05) is 36.4 Å². The van der Waals surface area contributed by atoms with Crippen LogP contribution in [0.1, 0.15) is 60.5 Å². The maximum absolute atomic E-state index is 12.9. The summed E-state index contributed by atoms with van der Waals surface area (Å²) >= 11 is 0. The number of pyridine rings is 1. The van der Waals surface area contributed by atoms with E-state index in [4.69, 9.17) is 9.47 Å². The van der Waals surface area contributed by atoms with Crippen molar-refractivity contribution in [2.75, 3.05) is 19.7 Å². The van der Waals surface area contributed by atoms with Crippen LogP contribution in [0.3, 0.4) is 0 Å². The lowest BCUT2D eigenvalue weighted by molar-refractivity contribution is -0.190. The largest absolute Gasteiger partial charge is 0.378 e. The van der Waals surface area contributed by atoms with E-state index in [0.717, 1.165) is 31.4 Å². The number of carbonyl (C=O) groups excluding carboxylic acids is 1. The lowest BCUT2D eigenvalue weighted by Crippen LogP contribution is -2.52. The van der Waals surface area contributed by atoms with Crippen molar-refractivity contribution in [2.24, 2.45) is 0 Å². The van der Waals surface area contributed by atoms with E-state index in [-0.39, 0.29) is 23.7 Å². The first-order valence-electron chi connectivity index (χ1n) is 10.7. The van der Waals surface area contributed by atoms with Gasteiger partial charge in [0.2, 0.25) is 0 Å². The summed E-state index contributed by atoms with van der Waals surface area (Å²) in [6.45, 7) is 6.06. The van der Waals surface area contributed by atoms with Gasteiger partial charge < -0.3 is 14.4 Å². The van der Waals surface area contributed by atoms with Gasteiger partial charge in [0, 0.05) is 38.2 Å². The first-order chi connectivity index (χ1) is 14.1. The molecule has 0 unspecified atom stereocenters. The van der Waals surface area contributed by atoms with Gasteiger partial charge in [0.25, 0.3) is 5.91 Å². The highest BCUT2D eigenvalue weighted by atomic mass is 16.5. The highest BCUT2D eigenvalue weighted by molar-refractivity contribution is 5.92. The highest BCUT2D eigenvalue weighted by Crippen LogP contribution is 2.44. The summed E-state index contributed by atoms with van der Waals surface area (Å²) < 4.78 is 12.7. The van der Waals surface area contributed by atoms with Gasteiger partial charge in [0.15, 0.2) is 0 Å². The van der Waals surface area contributed by atoms with Crippen molar-refractivity contribution < 1.29 is 14.3 Å². The Balaban J connectivity index is 1.47. The zero-order valence-corrected chi connectivity index (χ0v) is 17.3. The van der Waals surface area contributed by atoms with E-state index in [1.54, 1.807) is 6.07 Å². The van der Waals surface area contributed by atoms with Crippen LogP contribution in [0.15, 0.2) is 48.5 Å². The van der Waals surface area contributed by atoms with Crippen LogP contribution in [0.25, 0.3) is 0 Å². The fraction of sp³-hybridized carbons (Fsp3) is 0.500. The topological polar surface area (TPSA) is 51.7 Å². The zero-order valence-electron chi connectivity index (χ0n) is 17.3. The van der Waals surface area contributed by atoms with Gasteiger partial charge in [-0.15, -0.1) is 0 Å². The van der Waals surface area contributed by atoms with E-state index in [0.29, 0.717) is 25.4 Å². The van der Waals surface area contributed by atoms with Crippen molar-refractivity contribution in [2.45, 2.75) is 57.3 Å². The molecule has 0 N–H and O–H groups in total. The number of hydrogen-bond donors (Lipinski definition) is 0. The maximum atomic E-state index is 12.9. The lowest BCUT2D eigenvalue weighted by atomic mass is 9.80. The number of hydrogen-bond acceptors (Lipinski definition) is 4. The van der Waals surface area contributed by atoms with Crippen LogP contribution in [0.4, 0.5) is 0 Å². The van der Waals surface area contributed by atoms with Crippen LogP contribution in [0.2, 0.25) is 0 Å². The predicted octanol–water partition coefficient (Wildman–Crippen LogP) is 4.32. The van der Waals surface area contributed by atoms with Crippen molar-refractivity contribution in [3.8, 4) is 0 Å². The molecule has 2 aliphatic heterocycles. The molecule has 4 rings (SSSR count). The van der Waals surface area contributed by atoms with Crippen molar-refractivity contribution in [3.63, 3.8) is 0 Å². The molecule has 0 bridgehead atoms. The van der Waals surface area contributed by atoms with Crippen molar-refractivity contribution >= 4 is 5.91 Å². The summed E-state index contributed by atoms with van der Waals surface area (Å²) in [7, 11) is 0. The molecule has 2 aliphatic rings. The van der Waals surface area contributed by atoms with Crippen LogP contribution in [0.5, 0.6) is 0 Å². The molecule has 2 fully saturated rings. The van der Waals surface area contributed by atoms with E-state index in [2.05, 4.69) is 36.2 Å². The third-order valence-corrected chi connectivity index (χ3v) is 6.11. The number of rotatable bonds is 4. The van der Waals surface area contributed by atoms with Crippen LogP contribution < -0.4 is 0 Å². The smallest absolute Gasteiger partial charge is 0.272 e.